The predicted octanol–water partition coefficient (Wildman–Crippen LogP) is 3.71. The predicted molar refractivity (Wildman–Crippen MR) is 76.7 cm³/mol. The van der Waals surface area contributed by atoms with Gasteiger partial charge in [0.15, 0.2) is 0 Å². The highest BCUT2D eigenvalue weighted by Gasteiger charge is 2.26. The Morgan fingerprint density at radius 1 is 1.47 bits per heavy atom. The first kappa shape index (κ1) is 14.1. The van der Waals surface area contributed by atoms with Crippen LogP contribution in [0.1, 0.15) is 29.2 Å². The smallest absolute Gasteiger partial charge is 0.253 e. The fourth-order valence-corrected chi connectivity index (χ4v) is 2.75. The first-order chi connectivity index (χ1) is 8.90. The average Bonchev–Trinajstić information content (AvgIpc) is 2.86. The van der Waals surface area contributed by atoms with Crippen LogP contribution >= 0.6 is 27.3 Å². The quantitative estimate of drug-likeness (QED) is 0.923. The molecular formula is C13H12BrFN2OS. The van der Waals surface area contributed by atoms with Gasteiger partial charge in [0.25, 0.3) is 5.91 Å². The second kappa shape index (κ2) is 5.38. The van der Waals surface area contributed by atoms with Crippen molar-refractivity contribution in [3.05, 3.63) is 50.6 Å². The molecule has 100 valence electrons. The second-order valence-electron chi connectivity index (χ2n) is 4.54. The molecule has 0 aliphatic rings. The van der Waals surface area contributed by atoms with Crippen LogP contribution in [0.2, 0.25) is 0 Å². The number of carbonyl (C=O) groups is 1. The van der Waals surface area contributed by atoms with Crippen LogP contribution in [0.15, 0.2) is 34.2 Å². The Kier molecular flexibility index (Phi) is 4.01. The van der Waals surface area contributed by atoms with Gasteiger partial charge in [0.2, 0.25) is 0 Å². The maximum Gasteiger partial charge on any atom is 0.253 e. The standard InChI is InChI=1S/C13H12BrFN2OS/c1-13(2,12-16-5-6-19-12)17-11(18)9-7-8(15)3-4-10(9)14/h3-7H,1-2H3,(H,17,18). The Labute approximate surface area is 123 Å². The van der Waals surface area contributed by atoms with Crippen molar-refractivity contribution >= 4 is 33.2 Å². The molecule has 1 aromatic heterocycles. The van der Waals surface area contributed by atoms with Crippen molar-refractivity contribution in [2.75, 3.05) is 0 Å². The molecule has 19 heavy (non-hydrogen) atoms. The molecule has 2 aromatic rings. The van der Waals surface area contributed by atoms with E-state index < -0.39 is 11.4 Å². The van der Waals surface area contributed by atoms with Gasteiger partial charge in [-0.2, -0.15) is 0 Å². The van der Waals surface area contributed by atoms with E-state index in [2.05, 4.69) is 26.2 Å². The average molecular weight is 343 g/mol. The van der Waals surface area contributed by atoms with E-state index in [9.17, 15) is 9.18 Å². The van der Waals surface area contributed by atoms with Crippen LogP contribution in [0, 0.1) is 5.82 Å². The molecule has 1 aromatic carbocycles. The summed E-state index contributed by atoms with van der Waals surface area (Å²) in [6.07, 6.45) is 1.69. The van der Waals surface area contributed by atoms with Crippen LogP contribution in [-0.2, 0) is 5.54 Å². The second-order valence-corrected chi connectivity index (χ2v) is 6.29. The van der Waals surface area contributed by atoms with Gasteiger partial charge >= 0.3 is 0 Å². The van der Waals surface area contributed by atoms with Gasteiger partial charge < -0.3 is 5.32 Å². The molecule has 6 heteroatoms. The number of hydrogen-bond donors (Lipinski definition) is 1. The van der Waals surface area contributed by atoms with Gasteiger partial charge in [-0.1, -0.05) is 0 Å². The molecule has 0 bridgehead atoms. The van der Waals surface area contributed by atoms with Crippen molar-refractivity contribution in [3.63, 3.8) is 0 Å². The van der Waals surface area contributed by atoms with E-state index in [0.29, 0.717) is 4.47 Å². The number of thiazole rings is 1. The molecule has 0 saturated carbocycles. The summed E-state index contributed by atoms with van der Waals surface area (Å²) in [7, 11) is 0. The van der Waals surface area contributed by atoms with Crippen LogP contribution in [0.3, 0.4) is 0 Å². The normalized spacial score (nSPS) is 11.4. The number of rotatable bonds is 3. The van der Waals surface area contributed by atoms with Gasteiger partial charge in [0, 0.05) is 16.0 Å². The zero-order valence-corrected chi connectivity index (χ0v) is 12.8. The molecule has 3 nitrogen and oxygen atoms in total. The summed E-state index contributed by atoms with van der Waals surface area (Å²) in [5.74, 6) is -0.785. The summed E-state index contributed by atoms with van der Waals surface area (Å²) < 4.78 is 13.8. The van der Waals surface area contributed by atoms with E-state index in [0.717, 1.165) is 5.01 Å². The Hall–Kier alpha value is -1.27. The maximum atomic E-state index is 13.2. The highest BCUT2D eigenvalue weighted by atomic mass is 79.9. The molecular weight excluding hydrogens is 331 g/mol. The monoisotopic (exact) mass is 342 g/mol. The van der Waals surface area contributed by atoms with Crippen LogP contribution in [0.25, 0.3) is 0 Å². The number of benzene rings is 1. The lowest BCUT2D eigenvalue weighted by Gasteiger charge is -2.24. The molecule has 0 unspecified atom stereocenters. The number of amides is 1. The van der Waals surface area contributed by atoms with Gasteiger partial charge in [-0.3, -0.25) is 4.79 Å². The van der Waals surface area contributed by atoms with Crippen molar-refractivity contribution in [1.29, 1.82) is 0 Å². The Morgan fingerprint density at radius 3 is 2.84 bits per heavy atom. The van der Waals surface area contributed by atoms with Crippen molar-refractivity contribution in [3.8, 4) is 0 Å². The number of nitrogens with one attached hydrogen (secondary N) is 1. The van der Waals surface area contributed by atoms with Crippen molar-refractivity contribution in [1.82, 2.24) is 10.3 Å². The zero-order valence-electron chi connectivity index (χ0n) is 10.4. The lowest BCUT2D eigenvalue weighted by molar-refractivity contribution is 0.0910. The molecule has 0 spiro atoms. The van der Waals surface area contributed by atoms with Crippen molar-refractivity contribution in [2.45, 2.75) is 19.4 Å². The minimum atomic E-state index is -0.600. The molecule has 0 atom stereocenters. The van der Waals surface area contributed by atoms with E-state index in [1.54, 1.807) is 6.20 Å². The van der Waals surface area contributed by atoms with Gasteiger partial charge in [-0.25, -0.2) is 9.37 Å². The fourth-order valence-electron chi connectivity index (χ4n) is 1.61. The van der Waals surface area contributed by atoms with Crippen LogP contribution in [0.4, 0.5) is 4.39 Å². The van der Waals surface area contributed by atoms with Crippen molar-refractivity contribution < 1.29 is 9.18 Å². The lowest BCUT2D eigenvalue weighted by atomic mass is 10.1. The number of carbonyl (C=O) groups excluding carboxylic acids is 1. The first-order valence-electron chi connectivity index (χ1n) is 5.58. The van der Waals surface area contributed by atoms with Crippen molar-refractivity contribution in [2.24, 2.45) is 0 Å². The number of aromatic nitrogens is 1. The molecule has 0 fully saturated rings. The first-order valence-corrected chi connectivity index (χ1v) is 7.25. The number of nitrogens with zero attached hydrogens (tertiary/aromatic N) is 1. The summed E-state index contributed by atoms with van der Waals surface area (Å²) in [6, 6.07) is 4.02. The molecule has 2 rings (SSSR count). The van der Waals surface area contributed by atoms with Crippen LogP contribution in [-0.4, -0.2) is 10.9 Å². The van der Waals surface area contributed by atoms with E-state index in [1.165, 1.54) is 29.5 Å². The van der Waals surface area contributed by atoms with Crippen LogP contribution in [0.5, 0.6) is 0 Å². The third-order valence-corrected chi connectivity index (χ3v) is 4.35. The number of hydrogen-bond acceptors (Lipinski definition) is 3. The van der Waals surface area contributed by atoms with E-state index in [-0.39, 0.29) is 11.5 Å². The Balaban J connectivity index is 2.24. The van der Waals surface area contributed by atoms with Gasteiger partial charge in [0.05, 0.1) is 11.1 Å². The number of halogens is 2. The lowest BCUT2D eigenvalue weighted by Crippen LogP contribution is -2.41. The minimum Gasteiger partial charge on any atom is -0.341 e. The summed E-state index contributed by atoms with van der Waals surface area (Å²) in [5.41, 5.74) is -0.332. The highest BCUT2D eigenvalue weighted by molar-refractivity contribution is 9.10. The maximum absolute atomic E-state index is 13.2. The summed E-state index contributed by atoms with van der Waals surface area (Å²) >= 11 is 4.71. The topological polar surface area (TPSA) is 42.0 Å². The minimum absolute atomic E-state index is 0.268. The van der Waals surface area contributed by atoms with E-state index in [4.69, 9.17) is 0 Å². The van der Waals surface area contributed by atoms with Crippen LogP contribution < -0.4 is 5.32 Å². The fraction of sp³-hybridized carbons (Fsp3) is 0.231. The SMILES string of the molecule is CC(C)(NC(=O)c1cc(F)ccc1Br)c1nccs1. The summed E-state index contributed by atoms with van der Waals surface area (Å²) in [5, 5.41) is 5.50. The molecule has 0 aliphatic heterocycles. The third kappa shape index (κ3) is 3.19. The zero-order chi connectivity index (χ0) is 14.0. The molecule has 0 aliphatic carbocycles. The van der Waals surface area contributed by atoms with E-state index >= 15 is 0 Å². The van der Waals surface area contributed by atoms with Gasteiger partial charge in [0.1, 0.15) is 10.8 Å². The Bertz CT molecular complexity index is 599. The molecule has 1 N–H and O–H groups in total. The van der Waals surface area contributed by atoms with Gasteiger partial charge in [-0.05, 0) is 48.0 Å². The summed E-state index contributed by atoms with van der Waals surface area (Å²) in [6.45, 7) is 3.72. The molecule has 1 amide bonds. The highest BCUT2D eigenvalue weighted by Crippen LogP contribution is 2.24. The summed E-state index contributed by atoms with van der Waals surface area (Å²) in [4.78, 5) is 16.4. The molecule has 1 heterocycles. The molecule has 0 saturated heterocycles. The Morgan fingerprint density at radius 2 is 2.21 bits per heavy atom. The largest absolute Gasteiger partial charge is 0.341 e. The van der Waals surface area contributed by atoms with Gasteiger partial charge in [-0.15, -0.1) is 11.3 Å². The molecule has 0 radical (unpaired) electrons. The van der Waals surface area contributed by atoms with E-state index in [1.807, 2.05) is 19.2 Å². The third-order valence-electron chi connectivity index (χ3n) is 2.57.